The number of carbonyl (C=O) groups excluding carboxylic acids is 1. The Labute approximate surface area is 123 Å². The summed E-state index contributed by atoms with van der Waals surface area (Å²) in [6, 6.07) is 11.0. The highest BCUT2D eigenvalue weighted by molar-refractivity contribution is 5.80. The Morgan fingerprint density at radius 2 is 2.00 bits per heavy atom. The van der Waals surface area contributed by atoms with E-state index in [1.165, 1.54) is 0 Å². The van der Waals surface area contributed by atoms with Crippen LogP contribution in [0.5, 0.6) is 11.5 Å². The van der Waals surface area contributed by atoms with Gasteiger partial charge in [0.2, 0.25) is 0 Å². The molecular formula is C16H18N2O3. The number of para-hydroxylation sites is 2. The molecule has 1 aromatic heterocycles. The lowest BCUT2D eigenvalue weighted by atomic mass is 10.2. The summed E-state index contributed by atoms with van der Waals surface area (Å²) in [5.74, 6) is 0.957. The highest BCUT2D eigenvalue weighted by Crippen LogP contribution is 2.26. The van der Waals surface area contributed by atoms with E-state index in [2.05, 4.69) is 10.3 Å². The van der Waals surface area contributed by atoms with Crippen LogP contribution >= 0.6 is 0 Å². The number of rotatable bonds is 6. The van der Waals surface area contributed by atoms with Gasteiger partial charge in [-0.2, -0.15) is 0 Å². The van der Waals surface area contributed by atoms with Crippen LogP contribution in [0.15, 0.2) is 48.8 Å². The lowest BCUT2D eigenvalue weighted by molar-refractivity contribution is -0.127. The second kappa shape index (κ2) is 7.28. The monoisotopic (exact) mass is 286 g/mol. The van der Waals surface area contributed by atoms with Crippen molar-refractivity contribution in [3.8, 4) is 11.5 Å². The fourth-order valence-corrected chi connectivity index (χ4v) is 1.80. The number of hydrogen-bond acceptors (Lipinski definition) is 4. The molecule has 0 aliphatic rings. The molecule has 0 bridgehead atoms. The Morgan fingerprint density at radius 3 is 2.67 bits per heavy atom. The lowest BCUT2D eigenvalue weighted by Gasteiger charge is -2.16. The minimum absolute atomic E-state index is 0.190. The van der Waals surface area contributed by atoms with E-state index in [4.69, 9.17) is 9.47 Å². The van der Waals surface area contributed by atoms with Crippen LogP contribution in [-0.2, 0) is 11.3 Å². The normalized spacial score (nSPS) is 11.5. The molecule has 2 aromatic rings. The standard InChI is InChI=1S/C16H18N2O3/c1-12(21-15-8-4-3-7-14(15)20-2)16(19)18-11-13-6-5-9-17-10-13/h3-10,12H,11H2,1-2H3,(H,18,19)/t12-/m1/s1. The zero-order chi connectivity index (χ0) is 15.1. The quantitative estimate of drug-likeness (QED) is 0.884. The maximum Gasteiger partial charge on any atom is 0.261 e. The molecule has 5 heteroatoms. The van der Waals surface area contributed by atoms with Gasteiger partial charge in [0.05, 0.1) is 7.11 Å². The summed E-state index contributed by atoms with van der Waals surface area (Å²) < 4.78 is 10.8. The molecule has 110 valence electrons. The van der Waals surface area contributed by atoms with Crippen molar-refractivity contribution in [1.82, 2.24) is 10.3 Å². The minimum atomic E-state index is -0.613. The van der Waals surface area contributed by atoms with Gasteiger partial charge in [-0.05, 0) is 30.7 Å². The SMILES string of the molecule is COc1ccccc1O[C@H](C)C(=O)NCc1cccnc1. The molecule has 0 radical (unpaired) electrons. The van der Waals surface area contributed by atoms with Crippen molar-refractivity contribution in [2.45, 2.75) is 19.6 Å². The van der Waals surface area contributed by atoms with Crippen LogP contribution in [0.3, 0.4) is 0 Å². The van der Waals surface area contributed by atoms with Crippen molar-refractivity contribution in [1.29, 1.82) is 0 Å². The van der Waals surface area contributed by atoms with Gasteiger partial charge in [0.25, 0.3) is 5.91 Å². The first-order valence-corrected chi connectivity index (χ1v) is 6.67. The van der Waals surface area contributed by atoms with E-state index >= 15 is 0 Å². The number of aromatic nitrogens is 1. The minimum Gasteiger partial charge on any atom is -0.493 e. The van der Waals surface area contributed by atoms with Crippen molar-refractivity contribution >= 4 is 5.91 Å². The third kappa shape index (κ3) is 4.21. The average molecular weight is 286 g/mol. The Morgan fingerprint density at radius 1 is 1.24 bits per heavy atom. The summed E-state index contributed by atoms with van der Waals surface area (Å²) in [7, 11) is 1.56. The molecule has 1 N–H and O–H groups in total. The van der Waals surface area contributed by atoms with Gasteiger partial charge in [0, 0.05) is 18.9 Å². The summed E-state index contributed by atoms with van der Waals surface area (Å²) >= 11 is 0. The van der Waals surface area contributed by atoms with Crippen LogP contribution in [0.25, 0.3) is 0 Å². The molecule has 1 amide bonds. The summed E-state index contributed by atoms with van der Waals surface area (Å²) in [5, 5.41) is 2.81. The first kappa shape index (κ1) is 14.8. The molecule has 0 unspecified atom stereocenters. The summed E-state index contributed by atoms with van der Waals surface area (Å²) in [4.78, 5) is 16.0. The Hall–Kier alpha value is -2.56. The molecule has 2 rings (SSSR count). The molecule has 0 saturated heterocycles. The zero-order valence-electron chi connectivity index (χ0n) is 12.1. The van der Waals surface area contributed by atoms with Crippen LogP contribution in [-0.4, -0.2) is 24.1 Å². The first-order valence-electron chi connectivity index (χ1n) is 6.67. The summed E-state index contributed by atoms with van der Waals surface area (Å²) in [6.45, 7) is 2.12. The average Bonchev–Trinajstić information content (AvgIpc) is 2.54. The van der Waals surface area contributed by atoms with E-state index in [0.717, 1.165) is 5.56 Å². The number of carbonyl (C=O) groups is 1. The van der Waals surface area contributed by atoms with Gasteiger partial charge in [-0.3, -0.25) is 9.78 Å². The molecule has 1 atom stereocenters. The van der Waals surface area contributed by atoms with Gasteiger partial charge in [0.1, 0.15) is 0 Å². The van der Waals surface area contributed by atoms with Crippen LogP contribution < -0.4 is 14.8 Å². The Bertz CT molecular complexity index is 587. The largest absolute Gasteiger partial charge is 0.493 e. The molecule has 1 aromatic carbocycles. The summed E-state index contributed by atoms with van der Waals surface area (Å²) in [6.07, 6.45) is 2.79. The molecule has 21 heavy (non-hydrogen) atoms. The molecule has 1 heterocycles. The fourth-order valence-electron chi connectivity index (χ4n) is 1.80. The van der Waals surface area contributed by atoms with Crippen molar-refractivity contribution in [2.24, 2.45) is 0 Å². The van der Waals surface area contributed by atoms with Crippen molar-refractivity contribution < 1.29 is 14.3 Å². The smallest absolute Gasteiger partial charge is 0.261 e. The third-order valence-corrected chi connectivity index (χ3v) is 2.93. The second-order valence-corrected chi connectivity index (χ2v) is 4.49. The van der Waals surface area contributed by atoms with Gasteiger partial charge in [-0.1, -0.05) is 18.2 Å². The van der Waals surface area contributed by atoms with Gasteiger partial charge >= 0.3 is 0 Å². The molecule has 0 spiro atoms. The van der Waals surface area contributed by atoms with E-state index in [-0.39, 0.29) is 5.91 Å². The van der Waals surface area contributed by atoms with Crippen molar-refractivity contribution in [3.63, 3.8) is 0 Å². The number of ether oxygens (including phenoxy) is 2. The van der Waals surface area contributed by atoms with E-state index in [9.17, 15) is 4.79 Å². The number of nitrogens with zero attached hydrogens (tertiary/aromatic N) is 1. The molecule has 0 aliphatic heterocycles. The van der Waals surface area contributed by atoms with Crippen molar-refractivity contribution in [2.75, 3.05) is 7.11 Å². The number of nitrogens with one attached hydrogen (secondary N) is 1. The van der Waals surface area contributed by atoms with Gasteiger partial charge in [0.15, 0.2) is 17.6 Å². The molecular weight excluding hydrogens is 268 g/mol. The maximum absolute atomic E-state index is 12.0. The van der Waals surface area contributed by atoms with Gasteiger partial charge < -0.3 is 14.8 Å². The predicted molar refractivity (Wildman–Crippen MR) is 79.2 cm³/mol. The molecule has 0 fully saturated rings. The highest BCUT2D eigenvalue weighted by atomic mass is 16.5. The van der Waals surface area contributed by atoms with E-state index in [1.54, 1.807) is 38.6 Å². The summed E-state index contributed by atoms with van der Waals surface area (Å²) in [5.41, 5.74) is 0.940. The number of methoxy groups -OCH3 is 1. The number of amides is 1. The van der Waals surface area contributed by atoms with Crippen LogP contribution in [0.1, 0.15) is 12.5 Å². The predicted octanol–water partition coefficient (Wildman–Crippen LogP) is 2.17. The first-order chi connectivity index (χ1) is 10.2. The molecule has 0 aliphatic carbocycles. The van der Waals surface area contributed by atoms with Crippen LogP contribution in [0, 0.1) is 0 Å². The Kier molecular flexibility index (Phi) is 5.15. The van der Waals surface area contributed by atoms with Crippen LogP contribution in [0.4, 0.5) is 0 Å². The highest BCUT2D eigenvalue weighted by Gasteiger charge is 2.16. The number of hydrogen-bond donors (Lipinski definition) is 1. The molecule has 0 saturated carbocycles. The van der Waals surface area contributed by atoms with E-state index < -0.39 is 6.10 Å². The Balaban J connectivity index is 1.90. The van der Waals surface area contributed by atoms with Gasteiger partial charge in [-0.25, -0.2) is 0 Å². The maximum atomic E-state index is 12.0. The van der Waals surface area contributed by atoms with E-state index in [0.29, 0.717) is 18.0 Å². The zero-order valence-corrected chi connectivity index (χ0v) is 12.1. The van der Waals surface area contributed by atoms with Gasteiger partial charge in [-0.15, -0.1) is 0 Å². The van der Waals surface area contributed by atoms with Crippen LogP contribution in [0.2, 0.25) is 0 Å². The second-order valence-electron chi connectivity index (χ2n) is 4.49. The van der Waals surface area contributed by atoms with E-state index in [1.807, 2.05) is 24.3 Å². The topological polar surface area (TPSA) is 60.5 Å². The number of benzene rings is 1. The van der Waals surface area contributed by atoms with Crippen molar-refractivity contribution in [3.05, 3.63) is 54.4 Å². The number of pyridine rings is 1. The third-order valence-electron chi connectivity index (χ3n) is 2.93. The lowest BCUT2D eigenvalue weighted by Crippen LogP contribution is -2.36. The fraction of sp³-hybridized carbons (Fsp3) is 0.250. The molecule has 5 nitrogen and oxygen atoms in total.